The van der Waals surface area contributed by atoms with Gasteiger partial charge in [-0.25, -0.2) is 4.39 Å². The highest BCUT2D eigenvalue weighted by molar-refractivity contribution is 9.10. The van der Waals surface area contributed by atoms with Crippen LogP contribution in [0, 0.1) is 11.7 Å². The van der Waals surface area contributed by atoms with Gasteiger partial charge in [0.05, 0.1) is 18.1 Å². The predicted molar refractivity (Wildman–Crippen MR) is 79.4 cm³/mol. The summed E-state index contributed by atoms with van der Waals surface area (Å²) in [4.78, 5) is 25.9. The standard InChI is InChI=1S/C15H17BrFNO3/c1-2-21-15(20)10-4-3-7-18(9-10)14(19)12-6-5-11(17)8-13(12)16/h5-6,8,10H,2-4,7,9H2,1H3/t10-/m1/s1. The lowest BCUT2D eigenvalue weighted by Crippen LogP contribution is -2.42. The topological polar surface area (TPSA) is 46.6 Å². The molecule has 0 unspecified atom stereocenters. The Balaban J connectivity index is 2.10. The first-order valence-corrected chi connectivity index (χ1v) is 7.73. The number of carbonyl (C=O) groups is 2. The second-order valence-corrected chi connectivity index (χ2v) is 5.82. The van der Waals surface area contributed by atoms with E-state index in [9.17, 15) is 14.0 Å². The van der Waals surface area contributed by atoms with Gasteiger partial charge in [-0.3, -0.25) is 9.59 Å². The molecule has 114 valence electrons. The summed E-state index contributed by atoms with van der Waals surface area (Å²) in [5.41, 5.74) is 0.404. The molecule has 0 aliphatic carbocycles. The van der Waals surface area contributed by atoms with Crippen molar-refractivity contribution in [2.45, 2.75) is 19.8 Å². The lowest BCUT2D eigenvalue weighted by molar-refractivity contribution is -0.149. The van der Waals surface area contributed by atoms with Crippen molar-refractivity contribution >= 4 is 27.8 Å². The Morgan fingerprint density at radius 3 is 2.90 bits per heavy atom. The van der Waals surface area contributed by atoms with E-state index in [1.165, 1.54) is 18.2 Å². The normalized spacial score (nSPS) is 18.4. The molecule has 0 spiro atoms. The molecule has 1 atom stereocenters. The van der Waals surface area contributed by atoms with Gasteiger partial charge in [-0.2, -0.15) is 0 Å². The summed E-state index contributed by atoms with van der Waals surface area (Å²) in [6, 6.07) is 3.97. The number of rotatable bonds is 3. The van der Waals surface area contributed by atoms with Gasteiger partial charge < -0.3 is 9.64 Å². The smallest absolute Gasteiger partial charge is 0.310 e. The molecule has 1 aromatic carbocycles. The van der Waals surface area contributed by atoms with E-state index in [1.54, 1.807) is 11.8 Å². The number of esters is 1. The molecule has 0 bridgehead atoms. The average Bonchev–Trinajstić information content (AvgIpc) is 2.47. The molecule has 1 saturated heterocycles. The van der Waals surface area contributed by atoms with Crippen LogP contribution in [0.4, 0.5) is 4.39 Å². The lowest BCUT2D eigenvalue weighted by Gasteiger charge is -2.31. The molecule has 1 amide bonds. The Morgan fingerprint density at radius 1 is 1.48 bits per heavy atom. The van der Waals surface area contributed by atoms with Crippen LogP contribution in [-0.4, -0.2) is 36.5 Å². The molecule has 0 aromatic heterocycles. The van der Waals surface area contributed by atoms with Crippen molar-refractivity contribution in [3.05, 3.63) is 34.1 Å². The molecule has 2 rings (SSSR count). The summed E-state index contributed by atoms with van der Waals surface area (Å²) >= 11 is 3.20. The number of carbonyl (C=O) groups excluding carboxylic acids is 2. The third-order valence-electron chi connectivity index (χ3n) is 3.49. The average molecular weight is 358 g/mol. The maximum absolute atomic E-state index is 13.1. The largest absolute Gasteiger partial charge is 0.466 e. The lowest BCUT2D eigenvalue weighted by atomic mass is 9.97. The number of halogens is 2. The zero-order chi connectivity index (χ0) is 15.4. The van der Waals surface area contributed by atoms with Crippen molar-refractivity contribution in [3.63, 3.8) is 0 Å². The summed E-state index contributed by atoms with van der Waals surface area (Å²) in [6.07, 6.45) is 1.49. The molecular weight excluding hydrogens is 341 g/mol. The van der Waals surface area contributed by atoms with Crippen LogP contribution in [0.25, 0.3) is 0 Å². The van der Waals surface area contributed by atoms with Gasteiger partial charge in [-0.15, -0.1) is 0 Å². The van der Waals surface area contributed by atoms with Crippen molar-refractivity contribution in [2.24, 2.45) is 5.92 Å². The van der Waals surface area contributed by atoms with E-state index in [-0.39, 0.29) is 17.8 Å². The van der Waals surface area contributed by atoms with E-state index in [0.29, 0.717) is 29.7 Å². The van der Waals surface area contributed by atoms with Crippen LogP contribution in [0.3, 0.4) is 0 Å². The predicted octanol–water partition coefficient (Wildman–Crippen LogP) is 3.00. The molecule has 0 saturated carbocycles. The second kappa shape index (κ2) is 7.02. The van der Waals surface area contributed by atoms with Crippen molar-refractivity contribution < 1.29 is 18.7 Å². The molecule has 1 aliphatic heterocycles. The quantitative estimate of drug-likeness (QED) is 0.781. The van der Waals surface area contributed by atoms with Gasteiger partial charge in [0, 0.05) is 17.6 Å². The first-order valence-electron chi connectivity index (χ1n) is 6.94. The number of ether oxygens (including phenoxy) is 1. The number of hydrogen-bond acceptors (Lipinski definition) is 3. The summed E-state index contributed by atoms with van der Waals surface area (Å²) in [7, 11) is 0. The zero-order valence-corrected chi connectivity index (χ0v) is 13.4. The highest BCUT2D eigenvalue weighted by Gasteiger charge is 2.30. The molecule has 1 aliphatic rings. The van der Waals surface area contributed by atoms with E-state index in [2.05, 4.69) is 15.9 Å². The van der Waals surface area contributed by atoms with E-state index in [4.69, 9.17) is 4.74 Å². The van der Waals surface area contributed by atoms with Gasteiger partial charge >= 0.3 is 5.97 Å². The van der Waals surface area contributed by atoms with E-state index >= 15 is 0 Å². The summed E-state index contributed by atoms with van der Waals surface area (Å²) in [5.74, 6) is -1.13. The van der Waals surface area contributed by atoms with Gasteiger partial charge in [0.15, 0.2) is 0 Å². The Kier molecular flexibility index (Phi) is 5.33. The van der Waals surface area contributed by atoms with Crippen LogP contribution >= 0.6 is 15.9 Å². The van der Waals surface area contributed by atoms with Crippen molar-refractivity contribution in [3.8, 4) is 0 Å². The fourth-order valence-electron chi connectivity index (χ4n) is 2.45. The van der Waals surface area contributed by atoms with Gasteiger partial charge in [0.2, 0.25) is 0 Å². The molecule has 21 heavy (non-hydrogen) atoms. The van der Waals surface area contributed by atoms with Crippen LogP contribution in [-0.2, 0) is 9.53 Å². The van der Waals surface area contributed by atoms with Crippen LogP contribution in [0.5, 0.6) is 0 Å². The van der Waals surface area contributed by atoms with Gasteiger partial charge in [0.1, 0.15) is 5.82 Å². The molecule has 0 radical (unpaired) electrons. The third kappa shape index (κ3) is 3.81. The summed E-state index contributed by atoms with van der Waals surface area (Å²) in [5, 5.41) is 0. The Morgan fingerprint density at radius 2 is 2.24 bits per heavy atom. The minimum atomic E-state index is -0.401. The number of nitrogens with zero attached hydrogens (tertiary/aromatic N) is 1. The van der Waals surface area contributed by atoms with Gasteiger partial charge in [-0.1, -0.05) is 0 Å². The van der Waals surface area contributed by atoms with Crippen molar-refractivity contribution in [2.75, 3.05) is 19.7 Å². The number of piperidine rings is 1. The summed E-state index contributed by atoms with van der Waals surface area (Å²) in [6.45, 7) is 3.05. The maximum atomic E-state index is 13.1. The number of hydrogen-bond donors (Lipinski definition) is 0. The Hall–Kier alpha value is -1.43. The minimum Gasteiger partial charge on any atom is -0.466 e. The first kappa shape index (κ1) is 15.9. The molecule has 1 aromatic rings. The molecule has 1 heterocycles. The van der Waals surface area contributed by atoms with Crippen LogP contribution in [0.15, 0.2) is 22.7 Å². The SMILES string of the molecule is CCOC(=O)[C@@H]1CCCN(C(=O)c2ccc(F)cc2Br)C1. The van der Waals surface area contributed by atoms with Crippen LogP contribution < -0.4 is 0 Å². The second-order valence-electron chi connectivity index (χ2n) is 4.97. The highest BCUT2D eigenvalue weighted by atomic mass is 79.9. The number of likely N-dealkylation sites (tertiary alicyclic amines) is 1. The zero-order valence-electron chi connectivity index (χ0n) is 11.8. The summed E-state index contributed by atoms with van der Waals surface area (Å²) < 4.78 is 18.5. The number of amides is 1. The third-order valence-corrected chi connectivity index (χ3v) is 4.15. The molecular formula is C15H17BrFNO3. The Bertz CT molecular complexity index is 550. The number of benzene rings is 1. The fraction of sp³-hybridized carbons (Fsp3) is 0.467. The first-order chi connectivity index (χ1) is 10.0. The Labute approximate surface area is 131 Å². The molecule has 1 fully saturated rings. The van der Waals surface area contributed by atoms with E-state index < -0.39 is 5.82 Å². The molecule has 4 nitrogen and oxygen atoms in total. The van der Waals surface area contributed by atoms with Crippen LogP contribution in [0.1, 0.15) is 30.1 Å². The van der Waals surface area contributed by atoms with Crippen molar-refractivity contribution in [1.82, 2.24) is 4.90 Å². The fourth-order valence-corrected chi connectivity index (χ4v) is 2.97. The van der Waals surface area contributed by atoms with Gasteiger partial charge in [-0.05, 0) is 53.9 Å². The monoisotopic (exact) mass is 357 g/mol. The van der Waals surface area contributed by atoms with Gasteiger partial charge in [0.25, 0.3) is 5.91 Å². The highest BCUT2D eigenvalue weighted by Crippen LogP contribution is 2.24. The van der Waals surface area contributed by atoms with Crippen LogP contribution in [0.2, 0.25) is 0 Å². The minimum absolute atomic E-state index is 0.198. The molecule has 0 N–H and O–H groups in total. The van der Waals surface area contributed by atoms with E-state index in [1.807, 2.05) is 0 Å². The molecule has 6 heteroatoms. The van der Waals surface area contributed by atoms with Crippen molar-refractivity contribution in [1.29, 1.82) is 0 Å². The maximum Gasteiger partial charge on any atom is 0.310 e. The van der Waals surface area contributed by atoms with E-state index in [0.717, 1.165) is 12.8 Å².